The molecule has 10 heteroatoms. The molecule has 0 aliphatic carbocycles. The van der Waals surface area contributed by atoms with E-state index in [2.05, 4.69) is 24.5 Å². The second kappa shape index (κ2) is 9.99. The van der Waals surface area contributed by atoms with E-state index in [1.165, 1.54) is 12.1 Å². The van der Waals surface area contributed by atoms with Crippen LogP contribution in [-0.4, -0.2) is 81.0 Å². The van der Waals surface area contributed by atoms with Gasteiger partial charge in [0, 0.05) is 73.2 Å². The molecule has 0 amide bonds. The second-order valence-corrected chi connectivity index (χ2v) is 10.8. The van der Waals surface area contributed by atoms with Crippen LogP contribution in [0, 0.1) is 5.82 Å². The molecule has 0 unspecified atom stereocenters. The van der Waals surface area contributed by atoms with E-state index in [9.17, 15) is 12.8 Å². The van der Waals surface area contributed by atoms with Gasteiger partial charge < -0.3 is 14.6 Å². The monoisotopic (exact) mass is 487 g/mol. The second-order valence-electron chi connectivity index (χ2n) is 8.95. The van der Waals surface area contributed by atoms with Crippen molar-refractivity contribution in [1.82, 2.24) is 19.6 Å². The van der Waals surface area contributed by atoms with Gasteiger partial charge in [0.25, 0.3) is 0 Å². The third-order valence-corrected chi connectivity index (χ3v) is 8.06. The zero-order valence-corrected chi connectivity index (χ0v) is 19.9. The smallest absolute Gasteiger partial charge is 0.213 e. The Labute approximate surface area is 199 Å². The van der Waals surface area contributed by atoms with Crippen LogP contribution >= 0.6 is 0 Å². The number of hydrogen-bond donors (Lipinski definition) is 2. The summed E-state index contributed by atoms with van der Waals surface area (Å²) in [7, 11) is -3.31. The maximum atomic E-state index is 13.5. The highest BCUT2D eigenvalue weighted by molar-refractivity contribution is 7.89. The Morgan fingerprint density at radius 2 is 1.91 bits per heavy atom. The molecule has 2 fully saturated rings. The van der Waals surface area contributed by atoms with Gasteiger partial charge in [0.1, 0.15) is 11.6 Å². The molecule has 3 aromatic rings. The first-order chi connectivity index (χ1) is 16.5. The maximum Gasteiger partial charge on any atom is 0.213 e. The largest absolute Gasteiger partial charge is 0.379 e. The number of rotatable bonds is 7. The van der Waals surface area contributed by atoms with Crippen molar-refractivity contribution in [3.05, 3.63) is 48.5 Å². The third-order valence-electron chi connectivity index (χ3n) is 6.65. The van der Waals surface area contributed by atoms with Gasteiger partial charge in [0.15, 0.2) is 0 Å². The van der Waals surface area contributed by atoms with Crippen molar-refractivity contribution in [3.63, 3.8) is 0 Å². The normalized spacial score (nSPS) is 18.6. The number of sulfonamides is 1. The molecular weight excluding hydrogens is 457 g/mol. The summed E-state index contributed by atoms with van der Waals surface area (Å²) in [5.41, 5.74) is 2.71. The van der Waals surface area contributed by atoms with Crippen LogP contribution < -0.4 is 9.62 Å². The number of ether oxygens (including phenoxy) is 1. The fourth-order valence-corrected chi connectivity index (χ4v) is 6.04. The number of hydrogen-bond acceptors (Lipinski definition) is 6. The number of morpholine rings is 1. The first-order valence-electron chi connectivity index (χ1n) is 11.7. The van der Waals surface area contributed by atoms with Crippen molar-refractivity contribution < 1.29 is 17.5 Å². The van der Waals surface area contributed by atoms with Crippen LogP contribution in [0.3, 0.4) is 0 Å². The van der Waals surface area contributed by atoms with Gasteiger partial charge in [0.2, 0.25) is 10.0 Å². The molecule has 2 aliphatic heterocycles. The lowest BCUT2D eigenvalue weighted by atomic mass is 10.1. The standard InChI is InChI=1S/C24H30FN5O3S/c25-19-2-3-21-22(17-26-23(21)15-19)18-1-4-24(27-16-18)30-7-5-20(6-8-30)28-34(31,32)14-11-29-9-12-33-13-10-29/h1-4,15-17,20,26,28H,5-14H2. The van der Waals surface area contributed by atoms with Gasteiger partial charge in [0.05, 0.1) is 19.0 Å². The molecule has 2 aromatic heterocycles. The number of nitrogens with one attached hydrogen (secondary N) is 2. The molecular formula is C24H30FN5O3S. The Morgan fingerprint density at radius 3 is 2.65 bits per heavy atom. The predicted octanol–water partition coefficient (Wildman–Crippen LogP) is 2.59. The highest BCUT2D eigenvalue weighted by atomic mass is 32.2. The molecule has 2 aliphatic rings. The van der Waals surface area contributed by atoms with E-state index in [1.54, 1.807) is 6.07 Å². The van der Waals surface area contributed by atoms with Gasteiger partial charge >= 0.3 is 0 Å². The van der Waals surface area contributed by atoms with Gasteiger partial charge in [-0.1, -0.05) is 0 Å². The Kier molecular flexibility index (Phi) is 6.82. The molecule has 34 heavy (non-hydrogen) atoms. The van der Waals surface area contributed by atoms with E-state index < -0.39 is 10.0 Å². The fraction of sp³-hybridized carbons (Fsp3) is 0.458. The number of aromatic amines is 1. The highest BCUT2D eigenvalue weighted by Gasteiger charge is 2.25. The minimum Gasteiger partial charge on any atom is -0.379 e. The van der Waals surface area contributed by atoms with Crippen molar-refractivity contribution >= 4 is 26.7 Å². The van der Waals surface area contributed by atoms with Crippen molar-refractivity contribution in [1.29, 1.82) is 0 Å². The fourth-order valence-electron chi connectivity index (χ4n) is 4.68. The number of pyridine rings is 1. The van der Waals surface area contributed by atoms with Gasteiger partial charge in [-0.05, 0) is 43.2 Å². The molecule has 5 rings (SSSR count). The van der Waals surface area contributed by atoms with E-state index in [0.29, 0.717) is 19.8 Å². The Balaban J connectivity index is 1.15. The highest BCUT2D eigenvalue weighted by Crippen LogP contribution is 2.30. The first-order valence-corrected chi connectivity index (χ1v) is 13.4. The number of fused-ring (bicyclic) bond motifs is 1. The average Bonchev–Trinajstić information content (AvgIpc) is 3.27. The van der Waals surface area contributed by atoms with E-state index in [1.807, 2.05) is 24.5 Å². The molecule has 4 heterocycles. The summed E-state index contributed by atoms with van der Waals surface area (Å²) in [6.45, 7) is 4.95. The van der Waals surface area contributed by atoms with Gasteiger partial charge in [-0.2, -0.15) is 0 Å². The van der Waals surface area contributed by atoms with Crippen LogP contribution in [-0.2, 0) is 14.8 Å². The van der Waals surface area contributed by atoms with Crippen LogP contribution in [0.2, 0.25) is 0 Å². The van der Waals surface area contributed by atoms with Crippen LogP contribution in [0.4, 0.5) is 10.2 Å². The number of aromatic nitrogens is 2. The summed E-state index contributed by atoms with van der Waals surface area (Å²) in [6, 6.07) is 8.69. The molecule has 8 nitrogen and oxygen atoms in total. The SMILES string of the molecule is O=S(=O)(CCN1CCOCC1)NC1CCN(c2ccc(-c3c[nH]c4cc(F)ccc34)cn2)CC1. The average molecular weight is 488 g/mol. The Hall–Kier alpha value is -2.53. The summed E-state index contributed by atoms with van der Waals surface area (Å²) in [5.74, 6) is 0.733. The summed E-state index contributed by atoms with van der Waals surface area (Å²) >= 11 is 0. The van der Waals surface area contributed by atoms with Crippen LogP contribution in [0.25, 0.3) is 22.0 Å². The topological polar surface area (TPSA) is 90.6 Å². The molecule has 2 saturated heterocycles. The molecule has 0 bridgehead atoms. The molecule has 0 saturated carbocycles. The third kappa shape index (κ3) is 5.41. The predicted molar refractivity (Wildman–Crippen MR) is 131 cm³/mol. The molecule has 0 atom stereocenters. The quantitative estimate of drug-likeness (QED) is 0.533. The van der Waals surface area contributed by atoms with E-state index in [-0.39, 0.29) is 17.6 Å². The maximum absolute atomic E-state index is 13.5. The van der Waals surface area contributed by atoms with E-state index in [0.717, 1.165) is 66.9 Å². The van der Waals surface area contributed by atoms with E-state index in [4.69, 9.17) is 4.74 Å². The van der Waals surface area contributed by atoms with Gasteiger partial charge in [-0.15, -0.1) is 0 Å². The van der Waals surface area contributed by atoms with Crippen LogP contribution in [0.1, 0.15) is 12.8 Å². The zero-order valence-electron chi connectivity index (χ0n) is 19.0. The summed E-state index contributed by atoms with van der Waals surface area (Å²) in [4.78, 5) is 12.1. The summed E-state index contributed by atoms with van der Waals surface area (Å²) < 4.78 is 46.7. The Bertz CT molecular complexity index is 1220. The van der Waals surface area contributed by atoms with Crippen molar-refractivity contribution in [3.8, 4) is 11.1 Å². The molecule has 182 valence electrons. The first kappa shape index (κ1) is 23.2. The minimum atomic E-state index is -3.31. The molecule has 2 N–H and O–H groups in total. The minimum absolute atomic E-state index is 0.0446. The van der Waals surface area contributed by atoms with Crippen LogP contribution in [0.15, 0.2) is 42.7 Å². The number of halogens is 1. The number of benzene rings is 1. The molecule has 0 spiro atoms. The molecule has 0 radical (unpaired) electrons. The lowest BCUT2D eigenvalue weighted by Gasteiger charge is -2.33. The van der Waals surface area contributed by atoms with Gasteiger partial charge in [-0.3, -0.25) is 4.90 Å². The zero-order chi connectivity index (χ0) is 23.5. The number of piperidine rings is 1. The van der Waals surface area contributed by atoms with E-state index >= 15 is 0 Å². The number of H-pyrrole nitrogens is 1. The van der Waals surface area contributed by atoms with Crippen LogP contribution in [0.5, 0.6) is 0 Å². The number of nitrogens with zero attached hydrogens (tertiary/aromatic N) is 3. The van der Waals surface area contributed by atoms with Gasteiger partial charge in [-0.25, -0.2) is 22.5 Å². The van der Waals surface area contributed by atoms with Crippen molar-refractivity contribution in [2.24, 2.45) is 0 Å². The molecule has 1 aromatic carbocycles. The lowest BCUT2D eigenvalue weighted by Crippen LogP contribution is -2.47. The lowest BCUT2D eigenvalue weighted by molar-refractivity contribution is 0.0407. The number of anilines is 1. The summed E-state index contributed by atoms with van der Waals surface area (Å²) in [6.07, 6.45) is 5.20. The van der Waals surface area contributed by atoms with Crippen molar-refractivity contribution in [2.75, 3.05) is 56.6 Å². The van der Waals surface area contributed by atoms with Crippen molar-refractivity contribution in [2.45, 2.75) is 18.9 Å². The Morgan fingerprint density at radius 1 is 1.12 bits per heavy atom. The summed E-state index contributed by atoms with van der Waals surface area (Å²) in [5, 5.41) is 0.956.